The predicted molar refractivity (Wildman–Crippen MR) is 75.1 cm³/mol. The van der Waals surface area contributed by atoms with Gasteiger partial charge in [-0.2, -0.15) is 0 Å². The van der Waals surface area contributed by atoms with Crippen LogP contribution in [-0.2, 0) is 6.42 Å². The van der Waals surface area contributed by atoms with E-state index >= 15 is 0 Å². The molecule has 0 saturated heterocycles. The van der Waals surface area contributed by atoms with E-state index in [0.29, 0.717) is 0 Å². The van der Waals surface area contributed by atoms with Crippen molar-refractivity contribution in [2.24, 2.45) is 0 Å². The molecule has 0 atom stereocenters. The summed E-state index contributed by atoms with van der Waals surface area (Å²) in [5.74, 6) is 0. The first-order valence-corrected chi connectivity index (χ1v) is 6.83. The maximum atomic E-state index is 2.34. The average molecular weight is 226 g/mol. The first-order valence-electron chi connectivity index (χ1n) is 6.83. The predicted octanol–water partition coefficient (Wildman–Crippen LogP) is 5.07. The van der Waals surface area contributed by atoms with Gasteiger partial charge in [0, 0.05) is 0 Å². The highest BCUT2D eigenvalue weighted by molar-refractivity contribution is 5.17. The van der Waals surface area contributed by atoms with Gasteiger partial charge < -0.3 is 0 Å². The molecule has 0 aromatic heterocycles. The number of hydrogen-bond acceptors (Lipinski definition) is 0. The van der Waals surface area contributed by atoms with Crippen LogP contribution >= 0.6 is 0 Å². The zero-order valence-corrected chi connectivity index (χ0v) is 10.6. The SMILES string of the molecule is C(/C=C\CCc1ccccc1)=C1CCCCC1. The number of allylic oxidation sites excluding steroid dienone is 4. The van der Waals surface area contributed by atoms with E-state index in [1.165, 1.54) is 37.7 Å². The molecular weight excluding hydrogens is 204 g/mol. The molecule has 0 N–H and O–H groups in total. The van der Waals surface area contributed by atoms with Gasteiger partial charge in [-0.3, -0.25) is 0 Å². The van der Waals surface area contributed by atoms with Crippen LogP contribution in [0.3, 0.4) is 0 Å². The minimum absolute atomic E-state index is 1.15. The molecule has 1 saturated carbocycles. The van der Waals surface area contributed by atoms with Gasteiger partial charge in [0.15, 0.2) is 0 Å². The van der Waals surface area contributed by atoms with E-state index in [-0.39, 0.29) is 0 Å². The number of rotatable bonds is 4. The van der Waals surface area contributed by atoms with Gasteiger partial charge in [0.25, 0.3) is 0 Å². The molecule has 0 nitrogen and oxygen atoms in total. The largest absolute Gasteiger partial charge is 0.0842 e. The van der Waals surface area contributed by atoms with Crippen LogP contribution < -0.4 is 0 Å². The maximum absolute atomic E-state index is 2.34. The lowest BCUT2D eigenvalue weighted by molar-refractivity contribution is 0.599. The van der Waals surface area contributed by atoms with E-state index in [4.69, 9.17) is 0 Å². The van der Waals surface area contributed by atoms with Crippen LogP contribution in [0.1, 0.15) is 44.1 Å². The lowest BCUT2D eigenvalue weighted by Crippen LogP contribution is -1.92. The first kappa shape index (κ1) is 12.2. The maximum Gasteiger partial charge on any atom is -0.0244 e. The van der Waals surface area contributed by atoms with E-state index in [1.54, 1.807) is 5.57 Å². The Morgan fingerprint density at radius 2 is 1.71 bits per heavy atom. The molecule has 1 aliphatic carbocycles. The standard InChI is InChI=1S/C17H22/c1-4-10-16(11-5-1)14-8-3-9-15-17-12-6-2-7-13-17/h1,3-5,9-11,15H,2,6-8,12-14H2/b9-3-. The molecule has 0 amide bonds. The van der Waals surface area contributed by atoms with Crippen molar-refractivity contribution in [2.45, 2.75) is 44.9 Å². The van der Waals surface area contributed by atoms with Crippen LogP contribution in [0.2, 0.25) is 0 Å². The number of aryl methyl sites for hydroxylation is 1. The summed E-state index contributed by atoms with van der Waals surface area (Å²) >= 11 is 0. The van der Waals surface area contributed by atoms with Crippen molar-refractivity contribution in [3.05, 3.63) is 59.7 Å². The summed E-state index contributed by atoms with van der Waals surface area (Å²) in [6, 6.07) is 10.7. The van der Waals surface area contributed by atoms with Crippen molar-refractivity contribution >= 4 is 0 Å². The summed E-state index contributed by atoms with van der Waals surface area (Å²) in [7, 11) is 0. The smallest absolute Gasteiger partial charge is 0.0244 e. The number of hydrogen-bond donors (Lipinski definition) is 0. The van der Waals surface area contributed by atoms with E-state index in [9.17, 15) is 0 Å². The Labute approximate surface area is 105 Å². The fraction of sp³-hybridized carbons (Fsp3) is 0.412. The van der Waals surface area contributed by atoms with Crippen molar-refractivity contribution in [2.75, 3.05) is 0 Å². The lowest BCUT2D eigenvalue weighted by Gasteiger charge is -2.12. The minimum Gasteiger partial charge on any atom is -0.0842 e. The molecular formula is C17H22. The molecule has 1 aliphatic rings. The summed E-state index contributed by atoms with van der Waals surface area (Å²) in [4.78, 5) is 0. The average Bonchev–Trinajstić information content (AvgIpc) is 2.41. The Bertz CT molecular complexity index is 362. The monoisotopic (exact) mass is 226 g/mol. The van der Waals surface area contributed by atoms with Crippen molar-refractivity contribution in [1.29, 1.82) is 0 Å². The van der Waals surface area contributed by atoms with Crippen molar-refractivity contribution in [1.82, 2.24) is 0 Å². The highest BCUT2D eigenvalue weighted by atomic mass is 14.1. The fourth-order valence-electron chi connectivity index (χ4n) is 2.37. The third kappa shape index (κ3) is 4.60. The van der Waals surface area contributed by atoms with Crippen molar-refractivity contribution in [3.8, 4) is 0 Å². The molecule has 1 fully saturated rings. The second-order valence-electron chi connectivity index (χ2n) is 4.84. The normalized spacial score (nSPS) is 16.4. The summed E-state index contributed by atoms with van der Waals surface area (Å²) in [5.41, 5.74) is 3.08. The zero-order chi connectivity index (χ0) is 11.8. The van der Waals surface area contributed by atoms with Crippen LogP contribution in [-0.4, -0.2) is 0 Å². The van der Waals surface area contributed by atoms with Gasteiger partial charge in [0.2, 0.25) is 0 Å². The van der Waals surface area contributed by atoms with Crippen LogP contribution in [0, 0.1) is 0 Å². The molecule has 0 aliphatic heterocycles. The van der Waals surface area contributed by atoms with Crippen LogP contribution in [0.15, 0.2) is 54.1 Å². The molecule has 17 heavy (non-hydrogen) atoms. The van der Waals surface area contributed by atoms with Crippen molar-refractivity contribution in [3.63, 3.8) is 0 Å². The van der Waals surface area contributed by atoms with E-state index in [2.05, 4.69) is 48.6 Å². The van der Waals surface area contributed by atoms with Gasteiger partial charge in [0.05, 0.1) is 0 Å². The van der Waals surface area contributed by atoms with Gasteiger partial charge in [-0.15, -0.1) is 0 Å². The summed E-state index contributed by atoms with van der Waals surface area (Å²) < 4.78 is 0. The third-order valence-electron chi connectivity index (χ3n) is 3.41. The summed E-state index contributed by atoms with van der Waals surface area (Å²) in [5, 5.41) is 0. The lowest BCUT2D eigenvalue weighted by atomic mass is 9.94. The Morgan fingerprint density at radius 1 is 0.941 bits per heavy atom. The molecule has 1 aromatic rings. The van der Waals surface area contributed by atoms with Crippen LogP contribution in [0.5, 0.6) is 0 Å². The molecule has 2 rings (SSSR count). The third-order valence-corrected chi connectivity index (χ3v) is 3.41. The molecule has 0 unspecified atom stereocenters. The zero-order valence-electron chi connectivity index (χ0n) is 10.6. The van der Waals surface area contributed by atoms with Gasteiger partial charge in [0.1, 0.15) is 0 Å². The Hall–Kier alpha value is -1.30. The first-order chi connectivity index (χ1) is 8.45. The molecule has 0 spiro atoms. The van der Waals surface area contributed by atoms with E-state index in [1.807, 2.05) is 0 Å². The van der Waals surface area contributed by atoms with Crippen molar-refractivity contribution < 1.29 is 0 Å². The molecule has 0 radical (unpaired) electrons. The summed E-state index contributed by atoms with van der Waals surface area (Å²) in [6.45, 7) is 0. The fourth-order valence-corrected chi connectivity index (χ4v) is 2.37. The van der Waals surface area contributed by atoms with Gasteiger partial charge in [-0.25, -0.2) is 0 Å². The number of benzene rings is 1. The van der Waals surface area contributed by atoms with E-state index < -0.39 is 0 Å². The second-order valence-corrected chi connectivity index (χ2v) is 4.84. The Morgan fingerprint density at radius 3 is 2.47 bits per heavy atom. The Kier molecular flexibility index (Phi) is 5.09. The quantitative estimate of drug-likeness (QED) is 0.672. The minimum atomic E-state index is 1.15. The topological polar surface area (TPSA) is 0 Å². The Balaban J connectivity index is 1.71. The molecule has 0 heteroatoms. The molecule has 0 heterocycles. The molecule has 1 aromatic carbocycles. The van der Waals surface area contributed by atoms with E-state index in [0.717, 1.165) is 12.8 Å². The summed E-state index contributed by atoms with van der Waals surface area (Å²) in [6.07, 6.45) is 16.0. The highest BCUT2D eigenvalue weighted by Gasteiger charge is 2.02. The molecule has 90 valence electrons. The van der Waals surface area contributed by atoms with Crippen LogP contribution in [0.25, 0.3) is 0 Å². The second kappa shape index (κ2) is 7.11. The van der Waals surface area contributed by atoms with Crippen LogP contribution in [0.4, 0.5) is 0 Å². The van der Waals surface area contributed by atoms with Gasteiger partial charge >= 0.3 is 0 Å². The van der Waals surface area contributed by atoms with Gasteiger partial charge in [-0.1, -0.05) is 60.6 Å². The van der Waals surface area contributed by atoms with Gasteiger partial charge in [-0.05, 0) is 44.1 Å². The molecule has 0 bridgehead atoms. The highest BCUT2D eigenvalue weighted by Crippen LogP contribution is 2.22.